The minimum absolute atomic E-state index is 0.0137. The van der Waals surface area contributed by atoms with Crippen LogP contribution in [0.1, 0.15) is 42.5 Å². The lowest BCUT2D eigenvalue weighted by Crippen LogP contribution is -2.24. The maximum Gasteiger partial charge on any atom is 0.175 e. The van der Waals surface area contributed by atoms with Gasteiger partial charge >= 0.3 is 0 Å². The number of carbonyl (C=O) groups excluding carboxylic acids is 1. The van der Waals surface area contributed by atoms with Crippen LogP contribution >= 0.6 is 15.9 Å². The molecule has 1 saturated carbocycles. The van der Waals surface area contributed by atoms with Gasteiger partial charge in [0.1, 0.15) is 0 Å². The molecule has 0 bridgehead atoms. The number of carbonyl (C=O) groups is 1. The highest BCUT2D eigenvalue weighted by molar-refractivity contribution is 9.10. The zero-order valence-electron chi connectivity index (χ0n) is 10.2. The summed E-state index contributed by atoms with van der Waals surface area (Å²) in [6, 6.07) is 7.29. The van der Waals surface area contributed by atoms with Gasteiger partial charge in [0, 0.05) is 26.1 Å². The Hall–Kier alpha value is -0.480. The van der Waals surface area contributed by atoms with Crippen molar-refractivity contribution in [3.05, 3.63) is 34.3 Å². The third kappa shape index (κ3) is 3.75. The lowest BCUT2D eigenvalue weighted by molar-refractivity contribution is 0.102. The predicted molar refractivity (Wildman–Crippen MR) is 78.4 cm³/mol. The number of halogens is 1. The number of benzene rings is 1. The molecule has 0 aliphatic heterocycles. The average Bonchev–Trinajstić information content (AvgIpc) is 2.39. The van der Waals surface area contributed by atoms with Gasteiger partial charge in [-0.05, 0) is 25.0 Å². The van der Waals surface area contributed by atoms with Crippen molar-refractivity contribution in [2.75, 3.05) is 5.75 Å². The Morgan fingerprint density at radius 3 is 2.67 bits per heavy atom. The van der Waals surface area contributed by atoms with Gasteiger partial charge in [-0.3, -0.25) is 9.00 Å². The maximum atomic E-state index is 12.1. The summed E-state index contributed by atoms with van der Waals surface area (Å²) in [5.74, 6) is 0.154. The molecule has 0 heterocycles. The summed E-state index contributed by atoms with van der Waals surface area (Å²) in [7, 11) is -1.01. The van der Waals surface area contributed by atoms with Crippen molar-refractivity contribution < 1.29 is 9.00 Å². The van der Waals surface area contributed by atoms with Crippen LogP contribution in [0.4, 0.5) is 0 Å². The summed E-state index contributed by atoms with van der Waals surface area (Å²) in [6.07, 6.45) is 5.58. The Bertz CT molecular complexity index is 453. The van der Waals surface area contributed by atoms with Gasteiger partial charge in [-0.15, -0.1) is 0 Å². The third-order valence-electron chi connectivity index (χ3n) is 3.34. The topological polar surface area (TPSA) is 34.1 Å². The molecule has 1 atom stereocenters. The molecule has 0 aromatic heterocycles. The van der Waals surface area contributed by atoms with Crippen LogP contribution in [0.5, 0.6) is 0 Å². The van der Waals surface area contributed by atoms with E-state index in [0.717, 1.165) is 30.2 Å². The van der Waals surface area contributed by atoms with Crippen LogP contribution < -0.4 is 0 Å². The van der Waals surface area contributed by atoms with Gasteiger partial charge in [0.15, 0.2) is 5.78 Å². The van der Waals surface area contributed by atoms with Gasteiger partial charge in [-0.25, -0.2) is 0 Å². The first-order valence-corrected chi connectivity index (χ1v) is 8.50. The molecule has 2 rings (SSSR count). The fraction of sp³-hybridized carbons (Fsp3) is 0.500. The first-order valence-electron chi connectivity index (χ1n) is 6.33. The smallest absolute Gasteiger partial charge is 0.175 e. The Morgan fingerprint density at radius 2 is 2.00 bits per heavy atom. The monoisotopic (exact) mass is 328 g/mol. The Morgan fingerprint density at radius 1 is 1.28 bits per heavy atom. The summed E-state index contributed by atoms with van der Waals surface area (Å²) in [6.45, 7) is 0. The fourth-order valence-electron chi connectivity index (χ4n) is 2.32. The Kier molecular flexibility index (Phi) is 5.13. The molecule has 1 aromatic carbocycles. The minimum Gasteiger partial charge on any atom is -0.293 e. The van der Waals surface area contributed by atoms with Gasteiger partial charge in [0.2, 0.25) is 0 Å². The number of hydrogen-bond acceptors (Lipinski definition) is 2. The van der Waals surface area contributed by atoms with E-state index in [-0.39, 0.29) is 16.8 Å². The number of Topliss-reactive ketones (excluding diaryl/α,β-unsaturated/α-hetero) is 1. The molecule has 1 aromatic rings. The summed E-state index contributed by atoms with van der Waals surface area (Å²) < 4.78 is 13.0. The number of rotatable bonds is 4. The molecule has 2 nitrogen and oxygen atoms in total. The quantitative estimate of drug-likeness (QED) is 0.789. The third-order valence-corrected chi connectivity index (χ3v) is 5.60. The van der Waals surface area contributed by atoms with Crippen molar-refractivity contribution in [1.82, 2.24) is 0 Å². The van der Waals surface area contributed by atoms with Crippen LogP contribution in [-0.2, 0) is 10.8 Å². The molecule has 1 aliphatic carbocycles. The molecule has 4 heteroatoms. The Balaban J connectivity index is 1.96. The van der Waals surface area contributed by atoms with E-state index in [9.17, 15) is 9.00 Å². The zero-order chi connectivity index (χ0) is 13.0. The standard InChI is InChI=1S/C14H17BrO2S/c15-12-6-4-5-11(9-12)14(16)10-18(17)13-7-2-1-3-8-13/h4-6,9,13H,1-3,7-8,10H2. The highest BCUT2D eigenvalue weighted by Gasteiger charge is 2.22. The first-order chi connectivity index (χ1) is 8.66. The van der Waals surface area contributed by atoms with Gasteiger partial charge in [-0.1, -0.05) is 47.3 Å². The molecule has 98 valence electrons. The van der Waals surface area contributed by atoms with E-state index in [1.807, 2.05) is 12.1 Å². The molecule has 1 fully saturated rings. The van der Waals surface area contributed by atoms with E-state index in [2.05, 4.69) is 15.9 Å². The van der Waals surface area contributed by atoms with Crippen LogP contribution in [0.25, 0.3) is 0 Å². The van der Waals surface area contributed by atoms with E-state index in [4.69, 9.17) is 0 Å². The molecule has 1 unspecified atom stereocenters. The van der Waals surface area contributed by atoms with Crippen molar-refractivity contribution in [2.24, 2.45) is 0 Å². The van der Waals surface area contributed by atoms with Crippen molar-refractivity contribution >= 4 is 32.5 Å². The molecular weight excluding hydrogens is 312 g/mol. The SMILES string of the molecule is O=C(CS(=O)C1CCCCC1)c1cccc(Br)c1. The van der Waals surface area contributed by atoms with E-state index in [0.29, 0.717) is 5.56 Å². The van der Waals surface area contributed by atoms with Crippen molar-refractivity contribution in [1.29, 1.82) is 0 Å². The summed E-state index contributed by atoms with van der Waals surface area (Å²) >= 11 is 3.35. The van der Waals surface area contributed by atoms with Gasteiger partial charge in [-0.2, -0.15) is 0 Å². The molecule has 18 heavy (non-hydrogen) atoms. The molecule has 0 spiro atoms. The molecule has 0 saturated heterocycles. The maximum absolute atomic E-state index is 12.1. The molecule has 0 amide bonds. The second kappa shape index (κ2) is 6.62. The van der Waals surface area contributed by atoms with Crippen LogP contribution in [0.2, 0.25) is 0 Å². The summed E-state index contributed by atoms with van der Waals surface area (Å²) in [5.41, 5.74) is 0.647. The van der Waals surface area contributed by atoms with E-state index >= 15 is 0 Å². The number of hydrogen-bond donors (Lipinski definition) is 0. The first kappa shape index (κ1) is 13.9. The molecule has 0 N–H and O–H groups in total. The zero-order valence-corrected chi connectivity index (χ0v) is 12.6. The molecular formula is C14H17BrO2S. The van der Waals surface area contributed by atoms with Crippen LogP contribution in [0.3, 0.4) is 0 Å². The summed E-state index contributed by atoms with van der Waals surface area (Å²) in [4.78, 5) is 12.0. The van der Waals surface area contributed by atoms with Gasteiger partial charge < -0.3 is 0 Å². The second-order valence-corrected chi connectivity index (χ2v) is 7.35. The largest absolute Gasteiger partial charge is 0.293 e. The van der Waals surface area contributed by atoms with E-state index in [1.165, 1.54) is 6.42 Å². The van der Waals surface area contributed by atoms with E-state index < -0.39 is 10.8 Å². The average molecular weight is 329 g/mol. The minimum atomic E-state index is -1.01. The van der Waals surface area contributed by atoms with Crippen molar-refractivity contribution in [3.8, 4) is 0 Å². The molecule has 1 aliphatic rings. The molecule has 0 radical (unpaired) electrons. The van der Waals surface area contributed by atoms with Crippen molar-refractivity contribution in [2.45, 2.75) is 37.4 Å². The van der Waals surface area contributed by atoms with Crippen LogP contribution in [-0.4, -0.2) is 21.0 Å². The van der Waals surface area contributed by atoms with Crippen LogP contribution in [0.15, 0.2) is 28.7 Å². The highest BCUT2D eigenvalue weighted by atomic mass is 79.9. The predicted octanol–water partition coefficient (Wildman–Crippen LogP) is 3.71. The van der Waals surface area contributed by atoms with Gasteiger partial charge in [0.05, 0.1) is 5.75 Å². The normalized spacial score (nSPS) is 18.5. The Labute approximate surface area is 119 Å². The fourth-order valence-corrected chi connectivity index (χ4v) is 4.24. The lowest BCUT2D eigenvalue weighted by atomic mass is 10.0. The second-order valence-electron chi connectivity index (χ2n) is 4.72. The van der Waals surface area contributed by atoms with Gasteiger partial charge in [0.25, 0.3) is 0 Å². The summed E-state index contributed by atoms with van der Waals surface area (Å²) in [5, 5.41) is 0.231. The number of ketones is 1. The van der Waals surface area contributed by atoms with Crippen molar-refractivity contribution in [3.63, 3.8) is 0 Å². The lowest BCUT2D eigenvalue weighted by Gasteiger charge is -2.20. The van der Waals surface area contributed by atoms with E-state index in [1.54, 1.807) is 12.1 Å². The highest BCUT2D eigenvalue weighted by Crippen LogP contribution is 2.22. The van der Waals surface area contributed by atoms with Crippen LogP contribution in [0, 0.1) is 0 Å².